The lowest BCUT2D eigenvalue weighted by atomic mass is 10.1. The van der Waals surface area contributed by atoms with Crippen LogP contribution in [-0.2, 0) is 32.3 Å². The summed E-state index contributed by atoms with van der Waals surface area (Å²) in [6, 6.07) is 8.17. The number of nitrogens with one attached hydrogen (secondary N) is 1. The monoisotopic (exact) mass is 611 g/mol. The van der Waals surface area contributed by atoms with Crippen molar-refractivity contribution in [3.8, 4) is 0 Å². The van der Waals surface area contributed by atoms with Gasteiger partial charge in [-0.2, -0.15) is 13.2 Å². The van der Waals surface area contributed by atoms with E-state index in [1.165, 1.54) is 11.8 Å². The molecular weight excluding hydrogens is 587 g/mol. The molecule has 0 radical (unpaired) electrons. The summed E-state index contributed by atoms with van der Waals surface area (Å²) in [6.45, 7) is 2.81. The highest BCUT2D eigenvalue weighted by Gasteiger charge is 2.34. The van der Waals surface area contributed by atoms with Crippen LogP contribution in [0.2, 0.25) is 5.02 Å². The zero-order valence-corrected chi connectivity index (χ0v) is 22.9. The lowest BCUT2D eigenvalue weighted by Crippen LogP contribution is -2.51. The third-order valence-electron chi connectivity index (χ3n) is 5.18. The Hall–Kier alpha value is -2.31. The van der Waals surface area contributed by atoms with Crippen molar-refractivity contribution < 1.29 is 31.2 Å². The Labute approximate surface area is 221 Å². The first-order valence-corrected chi connectivity index (χ1v) is 13.8. The fraction of sp³-hybridized carbons (Fsp3) is 0.391. The average Bonchev–Trinajstić information content (AvgIpc) is 2.78. The standard InChI is InChI=1S/C23H26BrClF3N3O4S/c1-4-10-29-22(33)15(2)30(13-16-6-5-7-18(24)11-16)21(32)14-31(36(3,34)35)20-12-17(23(26,27)28)8-9-19(20)25/h5-9,11-12,15H,4,10,13-14H2,1-3H3,(H,29,33)/t15-/m1/s1. The first-order valence-electron chi connectivity index (χ1n) is 10.8. The number of rotatable bonds is 10. The van der Waals surface area contributed by atoms with Crippen LogP contribution in [0.3, 0.4) is 0 Å². The van der Waals surface area contributed by atoms with Gasteiger partial charge in [0, 0.05) is 17.6 Å². The molecule has 13 heteroatoms. The summed E-state index contributed by atoms with van der Waals surface area (Å²) < 4.78 is 66.3. The Morgan fingerprint density at radius 2 is 1.83 bits per heavy atom. The summed E-state index contributed by atoms with van der Waals surface area (Å²) in [5.74, 6) is -1.25. The van der Waals surface area contributed by atoms with Gasteiger partial charge in [0.25, 0.3) is 0 Å². The van der Waals surface area contributed by atoms with Crippen LogP contribution in [0.15, 0.2) is 46.9 Å². The molecule has 0 fully saturated rings. The molecule has 36 heavy (non-hydrogen) atoms. The largest absolute Gasteiger partial charge is 0.416 e. The topological polar surface area (TPSA) is 86.8 Å². The zero-order valence-electron chi connectivity index (χ0n) is 19.8. The molecule has 2 amide bonds. The molecule has 0 saturated heterocycles. The number of amides is 2. The van der Waals surface area contributed by atoms with E-state index >= 15 is 0 Å². The Kier molecular flexibility index (Phi) is 10.2. The van der Waals surface area contributed by atoms with Crippen LogP contribution in [0, 0.1) is 0 Å². The molecule has 1 N–H and O–H groups in total. The van der Waals surface area contributed by atoms with Crippen molar-refractivity contribution in [3.63, 3.8) is 0 Å². The van der Waals surface area contributed by atoms with Crippen molar-refractivity contribution in [2.24, 2.45) is 0 Å². The lowest BCUT2D eigenvalue weighted by Gasteiger charge is -2.32. The number of benzene rings is 2. The highest BCUT2D eigenvalue weighted by molar-refractivity contribution is 9.10. The van der Waals surface area contributed by atoms with Crippen LogP contribution in [0.4, 0.5) is 18.9 Å². The minimum Gasteiger partial charge on any atom is -0.354 e. The van der Waals surface area contributed by atoms with Crippen molar-refractivity contribution in [1.82, 2.24) is 10.2 Å². The van der Waals surface area contributed by atoms with Crippen molar-refractivity contribution >= 4 is 55.1 Å². The third-order valence-corrected chi connectivity index (χ3v) is 7.12. The average molecular weight is 613 g/mol. The quantitative estimate of drug-likeness (QED) is 0.417. The predicted octanol–water partition coefficient (Wildman–Crippen LogP) is 4.83. The van der Waals surface area contributed by atoms with Crippen LogP contribution >= 0.6 is 27.5 Å². The molecule has 0 bridgehead atoms. The van der Waals surface area contributed by atoms with E-state index in [1.54, 1.807) is 24.3 Å². The number of carbonyl (C=O) groups excluding carboxylic acids is 2. The predicted molar refractivity (Wildman–Crippen MR) is 136 cm³/mol. The third kappa shape index (κ3) is 8.10. The van der Waals surface area contributed by atoms with Crippen molar-refractivity contribution in [1.29, 1.82) is 0 Å². The van der Waals surface area contributed by atoms with Crippen LogP contribution in [-0.4, -0.2) is 50.5 Å². The van der Waals surface area contributed by atoms with E-state index < -0.39 is 51.9 Å². The van der Waals surface area contributed by atoms with Gasteiger partial charge in [-0.15, -0.1) is 0 Å². The molecule has 0 aliphatic heterocycles. The summed E-state index contributed by atoms with van der Waals surface area (Å²) in [5, 5.41) is 2.41. The van der Waals surface area contributed by atoms with E-state index in [9.17, 15) is 31.2 Å². The molecule has 2 aromatic rings. The van der Waals surface area contributed by atoms with Gasteiger partial charge >= 0.3 is 6.18 Å². The number of hydrogen-bond donors (Lipinski definition) is 1. The summed E-state index contributed by atoms with van der Waals surface area (Å²) in [5.41, 5.74) is -0.968. The molecule has 1 atom stereocenters. The van der Waals surface area contributed by atoms with Gasteiger partial charge in [0.2, 0.25) is 21.8 Å². The minimum absolute atomic E-state index is 0.0487. The molecule has 0 aliphatic rings. The van der Waals surface area contributed by atoms with E-state index in [-0.39, 0.29) is 11.6 Å². The highest BCUT2D eigenvalue weighted by Crippen LogP contribution is 2.36. The summed E-state index contributed by atoms with van der Waals surface area (Å²) in [4.78, 5) is 27.3. The maximum absolute atomic E-state index is 13.4. The van der Waals surface area contributed by atoms with Crippen molar-refractivity contribution in [3.05, 3.63) is 63.1 Å². The van der Waals surface area contributed by atoms with Crippen molar-refractivity contribution in [2.75, 3.05) is 23.7 Å². The second-order valence-corrected chi connectivity index (χ2v) is 11.3. The van der Waals surface area contributed by atoms with Crippen molar-refractivity contribution in [2.45, 2.75) is 39.0 Å². The Bertz CT molecular complexity index is 1210. The van der Waals surface area contributed by atoms with Crippen LogP contribution in [0.5, 0.6) is 0 Å². The molecule has 0 heterocycles. The van der Waals surface area contributed by atoms with Crippen LogP contribution < -0.4 is 9.62 Å². The second kappa shape index (κ2) is 12.3. The minimum atomic E-state index is -4.76. The van der Waals surface area contributed by atoms with Crippen LogP contribution in [0.25, 0.3) is 0 Å². The lowest BCUT2D eigenvalue weighted by molar-refractivity contribution is -0.139. The van der Waals surface area contributed by atoms with E-state index in [0.717, 1.165) is 16.8 Å². The normalized spacial score (nSPS) is 12.7. The Balaban J connectivity index is 2.48. The molecule has 2 aromatic carbocycles. The van der Waals surface area contributed by atoms with E-state index in [2.05, 4.69) is 21.2 Å². The van der Waals surface area contributed by atoms with Gasteiger partial charge in [0.1, 0.15) is 12.6 Å². The maximum atomic E-state index is 13.4. The highest BCUT2D eigenvalue weighted by atomic mass is 79.9. The number of carbonyl (C=O) groups is 2. The molecular formula is C23H26BrClF3N3O4S. The number of nitrogens with zero attached hydrogens (tertiary/aromatic N) is 2. The summed E-state index contributed by atoms with van der Waals surface area (Å²) in [7, 11) is -4.25. The second-order valence-electron chi connectivity index (χ2n) is 8.05. The van der Waals surface area contributed by atoms with Gasteiger partial charge in [-0.3, -0.25) is 13.9 Å². The molecule has 0 unspecified atom stereocenters. The van der Waals surface area contributed by atoms with E-state index in [0.29, 0.717) is 35.0 Å². The summed E-state index contributed by atoms with van der Waals surface area (Å²) >= 11 is 9.40. The molecule has 0 aromatic heterocycles. The Morgan fingerprint density at radius 3 is 2.39 bits per heavy atom. The van der Waals surface area contributed by atoms with Gasteiger partial charge in [-0.25, -0.2) is 8.42 Å². The molecule has 198 valence electrons. The fourth-order valence-electron chi connectivity index (χ4n) is 3.29. The van der Waals surface area contributed by atoms with Gasteiger partial charge in [0.05, 0.1) is 22.5 Å². The number of anilines is 1. The number of hydrogen-bond acceptors (Lipinski definition) is 4. The molecule has 0 saturated carbocycles. The van der Waals surface area contributed by atoms with Gasteiger partial charge < -0.3 is 10.2 Å². The van der Waals surface area contributed by atoms with Gasteiger partial charge in [-0.1, -0.05) is 46.6 Å². The molecule has 2 rings (SSSR count). The SMILES string of the molecule is CCCNC(=O)[C@@H](C)N(Cc1cccc(Br)c1)C(=O)CN(c1cc(C(F)(F)F)ccc1Cl)S(C)(=O)=O. The van der Waals surface area contributed by atoms with Gasteiger partial charge in [0.15, 0.2) is 0 Å². The molecule has 7 nitrogen and oxygen atoms in total. The first kappa shape index (κ1) is 29.9. The van der Waals surface area contributed by atoms with Crippen LogP contribution in [0.1, 0.15) is 31.4 Å². The first-order chi connectivity index (χ1) is 16.6. The zero-order chi connectivity index (χ0) is 27.3. The smallest absolute Gasteiger partial charge is 0.354 e. The Morgan fingerprint density at radius 1 is 1.17 bits per heavy atom. The number of sulfonamides is 1. The fourth-order valence-corrected chi connectivity index (χ4v) is 4.86. The number of halogens is 5. The van der Waals surface area contributed by atoms with E-state index in [1.807, 2.05) is 6.92 Å². The summed E-state index contributed by atoms with van der Waals surface area (Å²) in [6.07, 6.45) is -3.34. The maximum Gasteiger partial charge on any atom is 0.416 e. The molecule has 0 spiro atoms. The van der Waals surface area contributed by atoms with E-state index in [4.69, 9.17) is 11.6 Å². The number of alkyl halides is 3. The molecule has 0 aliphatic carbocycles. The van der Waals surface area contributed by atoms with Gasteiger partial charge in [-0.05, 0) is 49.2 Å².